The molecule has 1 heterocycles. The standard InChI is InChI=1S/C46H28O/c1-2-10-29(11-3-1)31-18-19-33-27-34(21-20-32(33)26-31)44-37-14-6-8-16-39(37)45(40-17-9-7-15-38(40)44)35-23-25-43-42(28-35)41-24-22-30-12-4-5-13-36(30)46(41)47-43/h1-28H/i4D,5D,12D,13D,18D,19D,20D,21D,22D,23D,24D,25D,26D,27D,28D. The summed E-state index contributed by atoms with van der Waals surface area (Å²) in [6.45, 7) is 0. The van der Waals surface area contributed by atoms with Gasteiger partial charge in [-0.05, 0) is 101 Å². The van der Waals surface area contributed by atoms with Crippen molar-refractivity contribution in [1.82, 2.24) is 0 Å². The predicted octanol–water partition coefficient (Wildman–Crippen LogP) is 13.2. The van der Waals surface area contributed by atoms with Crippen molar-refractivity contribution in [2.45, 2.75) is 0 Å². The Morgan fingerprint density at radius 1 is 0.362 bits per heavy atom. The molecule has 10 aromatic rings. The average Bonchev–Trinajstić information content (AvgIpc) is 3.68. The fourth-order valence-corrected chi connectivity index (χ4v) is 6.45. The van der Waals surface area contributed by atoms with Crippen LogP contribution in [0, 0.1) is 0 Å². The summed E-state index contributed by atoms with van der Waals surface area (Å²) >= 11 is 0. The molecule has 218 valence electrons. The Balaban J connectivity index is 1.34. The van der Waals surface area contributed by atoms with E-state index in [1.807, 2.05) is 0 Å². The van der Waals surface area contributed by atoms with Crippen molar-refractivity contribution in [2.24, 2.45) is 0 Å². The van der Waals surface area contributed by atoms with Crippen molar-refractivity contribution in [3.63, 3.8) is 0 Å². The van der Waals surface area contributed by atoms with Gasteiger partial charge in [-0.2, -0.15) is 0 Å². The van der Waals surface area contributed by atoms with E-state index in [2.05, 4.69) is 0 Å². The van der Waals surface area contributed by atoms with Crippen LogP contribution in [0.2, 0.25) is 0 Å². The van der Waals surface area contributed by atoms with Crippen molar-refractivity contribution in [1.29, 1.82) is 0 Å². The summed E-state index contributed by atoms with van der Waals surface area (Å²) in [6, 6.07) is 16.0. The molecule has 0 fully saturated rings. The second-order valence-electron chi connectivity index (χ2n) is 11.2. The second-order valence-corrected chi connectivity index (χ2v) is 11.2. The Hall–Kier alpha value is -6.18. The van der Waals surface area contributed by atoms with Gasteiger partial charge in [-0.25, -0.2) is 0 Å². The van der Waals surface area contributed by atoms with E-state index in [9.17, 15) is 8.22 Å². The highest BCUT2D eigenvalue weighted by Crippen LogP contribution is 2.45. The fourth-order valence-electron chi connectivity index (χ4n) is 6.45. The maximum absolute atomic E-state index is 9.76. The smallest absolute Gasteiger partial charge is 0.143 e. The van der Waals surface area contributed by atoms with Gasteiger partial charge >= 0.3 is 0 Å². The van der Waals surface area contributed by atoms with Crippen LogP contribution >= 0.6 is 0 Å². The molecule has 0 amide bonds. The average molecular weight is 612 g/mol. The quantitative estimate of drug-likeness (QED) is 0.181. The first-order valence-corrected chi connectivity index (χ1v) is 15.0. The van der Waals surface area contributed by atoms with Crippen molar-refractivity contribution >= 4 is 65.0 Å². The molecule has 47 heavy (non-hydrogen) atoms. The third-order valence-electron chi connectivity index (χ3n) is 8.56. The molecule has 1 nitrogen and oxygen atoms in total. The topological polar surface area (TPSA) is 13.1 Å². The van der Waals surface area contributed by atoms with Gasteiger partial charge in [-0.3, -0.25) is 0 Å². The molecular weight excluding hydrogens is 569 g/mol. The minimum atomic E-state index is -0.594. The normalized spacial score (nSPS) is 16.3. The summed E-state index contributed by atoms with van der Waals surface area (Å²) in [6.07, 6.45) is 0. The monoisotopic (exact) mass is 611 g/mol. The minimum absolute atomic E-state index is 0.0193. The summed E-state index contributed by atoms with van der Waals surface area (Å²) in [5.74, 6) is 0. The highest BCUT2D eigenvalue weighted by atomic mass is 16.3. The first-order chi connectivity index (χ1) is 29.6. The maximum Gasteiger partial charge on any atom is 0.143 e. The molecule has 0 N–H and O–H groups in total. The van der Waals surface area contributed by atoms with E-state index in [1.54, 1.807) is 78.9 Å². The first-order valence-electron chi connectivity index (χ1n) is 22.5. The van der Waals surface area contributed by atoms with Crippen LogP contribution in [0.4, 0.5) is 0 Å². The largest absolute Gasteiger partial charge is 0.455 e. The Morgan fingerprint density at radius 2 is 0.915 bits per heavy atom. The van der Waals surface area contributed by atoms with Gasteiger partial charge in [0.05, 0.1) is 20.6 Å². The number of fused-ring (bicyclic) bond motifs is 8. The molecule has 0 aliphatic heterocycles. The Kier molecular flexibility index (Phi) is 3.33. The molecule has 9 aromatic carbocycles. The molecule has 0 spiro atoms. The van der Waals surface area contributed by atoms with E-state index in [4.69, 9.17) is 16.8 Å². The van der Waals surface area contributed by atoms with Crippen molar-refractivity contribution in [2.75, 3.05) is 0 Å². The molecular formula is C46H28O. The highest BCUT2D eigenvalue weighted by Gasteiger charge is 2.18. The van der Waals surface area contributed by atoms with E-state index in [-0.39, 0.29) is 96.4 Å². The molecule has 0 radical (unpaired) electrons. The van der Waals surface area contributed by atoms with E-state index in [0.717, 1.165) is 0 Å². The van der Waals surface area contributed by atoms with E-state index in [1.165, 1.54) is 0 Å². The zero-order chi connectivity index (χ0) is 44.0. The van der Waals surface area contributed by atoms with Crippen LogP contribution in [0.1, 0.15) is 20.6 Å². The third-order valence-corrected chi connectivity index (χ3v) is 8.56. The number of furan rings is 1. The van der Waals surface area contributed by atoms with Gasteiger partial charge in [-0.1, -0.05) is 139 Å². The van der Waals surface area contributed by atoms with Crippen LogP contribution < -0.4 is 0 Å². The second kappa shape index (κ2) is 10.2. The molecule has 1 aromatic heterocycles. The van der Waals surface area contributed by atoms with Gasteiger partial charge in [0.2, 0.25) is 0 Å². The third kappa shape index (κ3) is 4.03. The Bertz CT molecular complexity index is 3630. The van der Waals surface area contributed by atoms with Gasteiger partial charge in [0.1, 0.15) is 11.2 Å². The summed E-state index contributed by atoms with van der Waals surface area (Å²) in [7, 11) is 0. The highest BCUT2D eigenvalue weighted by molar-refractivity contribution is 6.23. The van der Waals surface area contributed by atoms with Gasteiger partial charge in [0.15, 0.2) is 0 Å². The lowest BCUT2D eigenvalue weighted by Gasteiger charge is -2.18. The number of benzene rings is 9. The minimum Gasteiger partial charge on any atom is -0.455 e. The number of hydrogen-bond donors (Lipinski definition) is 0. The molecule has 10 rings (SSSR count). The lowest BCUT2D eigenvalue weighted by Crippen LogP contribution is -1.91. The van der Waals surface area contributed by atoms with E-state index in [0.29, 0.717) is 38.2 Å². The predicted molar refractivity (Wildman–Crippen MR) is 200 cm³/mol. The molecule has 1 heteroatoms. The molecule has 0 bridgehead atoms. The Morgan fingerprint density at radius 3 is 1.62 bits per heavy atom. The lowest BCUT2D eigenvalue weighted by molar-refractivity contribution is 0.672. The van der Waals surface area contributed by atoms with Crippen LogP contribution in [-0.2, 0) is 0 Å². The molecule has 0 aliphatic rings. The molecule has 0 saturated heterocycles. The van der Waals surface area contributed by atoms with Crippen LogP contribution in [0.25, 0.3) is 98.4 Å². The van der Waals surface area contributed by atoms with Crippen LogP contribution in [0.5, 0.6) is 0 Å². The van der Waals surface area contributed by atoms with Gasteiger partial charge < -0.3 is 4.42 Å². The zero-order valence-corrected chi connectivity index (χ0v) is 24.4. The first kappa shape index (κ1) is 15.4. The summed E-state index contributed by atoms with van der Waals surface area (Å²) in [5, 5.41) is 0.880. The van der Waals surface area contributed by atoms with Gasteiger partial charge in [0.25, 0.3) is 0 Å². The lowest BCUT2D eigenvalue weighted by atomic mass is 9.85. The van der Waals surface area contributed by atoms with Crippen molar-refractivity contribution < 1.29 is 25.0 Å². The van der Waals surface area contributed by atoms with Crippen LogP contribution in [0.15, 0.2) is 174 Å². The SMILES string of the molecule is [2H]c1c(-c2c3ccccc3c(-c3c([2H])c([2H])c4c([2H])c(-c5ccccc5)c([2H])c([2H])c4c3[2H])c3ccccc23)c([2H])c2c(oc3c4c([2H])c([2H])c([2H])c([2H])c4c([2H])c([2H])c32)c1[2H]. The molecule has 0 atom stereocenters. The number of rotatable bonds is 3. The Labute approximate surface area is 293 Å². The molecule has 0 saturated carbocycles. The van der Waals surface area contributed by atoms with E-state index < -0.39 is 54.4 Å². The molecule has 0 unspecified atom stereocenters. The summed E-state index contributed by atoms with van der Waals surface area (Å²) < 4.78 is 142. The fraction of sp³-hybridized carbons (Fsp3) is 0. The van der Waals surface area contributed by atoms with E-state index >= 15 is 0 Å². The van der Waals surface area contributed by atoms with Crippen molar-refractivity contribution in [3.05, 3.63) is 169 Å². The summed E-state index contributed by atoms with van der Waals surface area (Å²) in [5.41, 5.74) is 0.727. The van der Waals surface area contributed by atoms with Gasteiger partial charge in [-0.15, -0.1) is 0 Å². The van der Waals surface area contributed by atoms with Crippen LogP contribution in [0.3, 0.4) is 0 Å². The van der Waals surface area contributed by atoms with Gasteiger partial charge in [0, 0.05) is 16.2 Å². The maximum atomic E-state index is 9.76. The van der Waals surface area contributed by atoms with Crippen LogP contribution in [-0.4, -0.2) is 0 Å². The number of hydrogen-bond acceptors (Lipinski definition) is 1. The van der Waals surface area contributed by atoms with Crippen molar-refractivity contribution in [3.8, 4) is 33.4 Å². The zero-order valence-electron chi connectivity index (χ0n) is 39.4. The molecule has 0 aliphatic carbocycles. The summed E-state index contributed by atoms with van der Waals surface area (Å²) in [4.78, 5) is 0.